The molecule has 0 aliphatic carbocycles. The number of rotatable bonds is 5. The average Bonchev–Trinajstić information content (AvgIpc) is 3.19. The molecule has 0 radical (unpaired) electrons. The third kappa shape index (κ3) is 4.24. The predicted molar refractivity (Wildman–Crippen MR) is 114 cm³/mol. The molecule has 1 heterocycles. The summed E-state index contributed by atoms with van der Waals surface area (Å²) < 4.78 is 71.5. The standard InChI is InChI=1S/C23H17F3N2O3S/c1-16-15-22(31-27-16)28(20-5-3-2-4-6-20)32(29,30)21-13-9-18(10-14-21)17-7-11-19(12-8-17)23(24,25)26/h2-15H,1H3. The van der Waals surface area contributed by atoms with Crippen LogP contribution in [0.2, 0.25) is 0 Å². The van der Waals surface area contributed by atoms with E-state index in [1.807, 2.05) is 0 Å². The van der Waals surface area contributed by atoms with E-state index in [1.165, 1.54) is 30.3 Å². The minimum absolute atomic E-state index is 0.00827. The largest absolute Gasteiger partial charge is 0.416 e. The van der Waals surface area contributed by atoms with Crippen LogP contribution in [-0.2, 0) is 16.2 Å². The second-order valence-electron chi connectivity index (χ2n) is 7.01. The van der Waals surface area contributed by atoms with Crippen molar-refractivity contribution in [2.45, 2.75) is 18.0 Å². The summed E-state index contributed by atoms with van der Waals surface area (Å²) in [6.07, 6.45) is -4.42. The van der Waals surface area contributed by atoms with E-state index in [-0.39, 0.29) is 10.8 Å². The molecule has 0 aliphatic rings. The maximum atomic E-state index is 13.5. The number of aromatic nitrogens is 1. The number of para-hydroxylation sites is 1. The first kappa shape index (κ1) is 21.6. The smallest absolute Gasteiger partial charge is 0.337 e. The molecule has 0 amide bonds. The number of aryl methyl sites for hydroxylation is 1. The van der Waals surface area contributed by atoms with Gasteiger partial charge in [-0.25, -0.2) is 12.7 Å². The molecule has 0 atom stereocenters. The number of alkyl halides is 3. The van der Waals surface area contributed by atoms with E-state index in [0.717, 1.165) is 16.4 Å². The summed E-state index contributed by atoms with van der Waals surface area (Å²) in [7, 11) is -4.07. The molecule has 0 saturated heterocycles. The van der Waals surface area contributed by atoms with Crippen molar-refractivity contribution in [1.82, 2.24) is 5.16 Å². The van der Waals surface area contributed by atoms with Crippen LogP contribution in [0.25, 0.3) is 11.1 Å². The molecule has 9 heteroatoms. The van der Waals surface area contributed by atoms with Crippen LogP contribution in [0.4, 0.5) is 24.7 Å². The highest BCUT2D eigenvalue weighted by molar-refractivity contribution is 7.93. The highest BCUT2D eigenvalue weighted by Crippen LogP contribution is 2.34. The van der Waals surface area contributed by atoms with Gasteiger partial charge in [0.1, 0.15) is 0 Å². The minimum atomic E-state index is -4.42. The van der Waals surface area contributed by atoms with Crippen molar-refractivity contribution in [2.75, 3.05) is 4.31 Å². The van der Waals surface area contributed by atoms with Crippen LogP contribution in [0.15, 0.2) is 94.3 Å². The van der Waals surface area contributed by atoms with Crippen molar-refractivity contribution in [3.05, 3.63) is 96.2 Å². The Morgan fingerprint density at radius 2 is 1.41 bits per heavy atom. The molecule has 5 nitrogen and oxygen atoms in total. The van der Waals surface area contributed by atoms with Gasteiger partial charge >= 0.3 is 6.18 Å². The van der Waals surface area contributed by atoms with E-state index in [0.29, 0.717) is 22.5 Å². The van der Waals surface area contributed by atoms with E-state index in [4.69, 9.17) is 4.52 Å². The Kier molecular flexibility index (Phi) is 5.52. The predicted octanol–water partition coefficient (Wildman–Crippen LogP) is 6.20. The number of halogens is 3. The maximum Gasteiger partial charge on any atom is 0.416 e. The van der Waals surface area contributed by atoms with Crippen molar-refractivity contribution in [3.63, 3.8) is 0 Å². The molecule has 32 heavy (non-hydrogen) atoms. The first-order valence-electron chi connectivity index (χ1n) is 9.48. The summed E-state index contributed by atoms with van der Waals surface area (Å²) in [5.41, 5.74) is 1.26. The molecule has 4 rings (SSSR count). The van der Waals surface area contributed by atoms with Gasteiger partial charge in [-0.05, 0) is 54.4 Å². The molecule has 0 unspecified atom stereocenters. The Morgan fingerprint density at radius 1 is 0.844 bits per heavy atom. The third-order valence-corrected chi connectivity index (χ3v) is 6.48. The molecule has 1 aromatic heterocycles. The third-order valence-electron chi connectivity index (χ3n) is 4.74. The first-order chi connectivity index (χ1) is 15.2. The van der Waals surface area contributed by atoms with E-state index >= 15 is 0 Å². The quantitative estimate of drug-likeness (QED) is 0.357. The Labute approximate surface area is 182 Å². The Morgan fingerprint density at radius 3 is 1.91 bits per heavy atom. The lowest BCUT2D eigenvalue weighted by Gasteiger charge is -2.21. The Balaban J connectivity index is 1.70. The van der Waals surface area contributed by atoms with Crippen molar-refractivity contribution >= 4 is 21.6 Å². The maximum absolute atomic E-state index is 13.5. The van der Waals surface area contributed by atoms with Gasteiger partial charge in [0.15, 0.2) is 0 Å². The summed E-state index contributed by atoms with van der Waals surface area (Å²) in [6.45, 7) is 1.68. The van der Waals surface area contributed by atoms with Crippen LogP contribution < -0.4 is 4.31 Å². The second kappa shape index (κ2) is 8.16. The highest BCUT2D eigenvalue weighted by atomic mass is 32.2. The number of nitrogens with zero attached hydrogens (tertiary/aromatic N) is 2. The fourth-order valence-electron chi connectivity index (χ4n) is 3.17. The lowest BCUT2D eigenvalue weighted by atomic mass is 10.0. The van der Waals surface area contributed by atoms with Crippen molar-refractivity contribution in [3.8, 4) is 11.1 Å². The van der Waals surface area contributed by atoms with Gasteiger partial charge in [-0.1, -0.05) is 47.6 Å². The number of sulfonamides is 1. The summed E-state index contributed by atoms with van der Waals surface area (Å²) in [4.78, 5) is -0.00827. The van der Waals surface area contributed by atoms with Gasteiger partial charge in [0, 0.05) is 6.07 Å². The van der Waals surface area contributed by atoms with Crippen LogP contribution in [-0.4, -0.2) is 13.6 Å². The van der Waals surface area contributed by atoms with E-state index < -0.39 is 21.8 Å². The molecule has 0 bridgehead atoms. The van der Waals surface area contributed by atoms with E-state index in [1.54, 1.807) is 49.4 Å². The lowest BCUT2D eigenvalue weighted by molar-refractivity contribution is -0.137. The monoisotopic (exact) mass is 458 g/mol. The minimum Gasteiger partial charge on any atom is -0.337 e. The SMILES string of the molecule is Cc1cc(N(c2ccccc2)S(=O)(=O)c2ccc(-c3ccc(C(F)(F)F)cc3)cc2)on1. The lowest BCUT2D eigenvalue weighted by Crippen LogP contribution is -2.25. The zero-order valence-corrected chi connectivity index (χ0v) is 17.6. The summed E-state index contributed by atoms with van der Waals surface area (Å²) >= 11 is 0. The molecule has 0 saturated carbocycles. The first-order valence-corrected chi connectivity index (χ1v) is 10.9. The van der Waals surface area contributed by atoms with Crippen molar-refractivity contribution in [2.24, 2.45) is 0 Å². The van der Waals surface area contributed by atoms with Gasteiger partial charge in [0.25, 0.3) is 10.0 Å². The average molecular weight is 458 g/mol. The molecular weight excluding hydrogens is 441 g/mol. The fourth-order valence-corrected chi connectivity index (χ4v) is 4.58. The molecule has 0 fully saturated rings. The Bertz CT molecular complexity index is 1320. The molecule has 0 N–H and O–H groups in total. The second-order valence-corrected chi connectivity index (χ2v) is 8.80. The van der Waals surface area contributed by atoms with Gasteiger partial charge in [-0.2, -0.15) is 13.2 Å². The topological polar surface area (TPSA) is 63.4 Å². The molecular formula is C23H17F3N2O3S. The van der Waals surface area contributed by atoms with Crippen molar-refractivity contribution < 1.29 is 26.1 Å². The number of benzene rings is 3. The van der Waals surface area contributed by atoms with Gasteiger partial charge in [0.2, 0.25) is 5.88 Å². The summed E-state index contributed by atoms with van der Waals surface area (Å²) in [5.74, 6) is 0.0421. The van der Waals surface area contributed by atoms with Crippen molar-refractivity contribution in [1.29, 1.82) is 0 Å². The molecule has 3 aromatic carbocycles. The van der Waals surface area contributed by atoms with E-state index in [2.05, 4.69) is 5.16 Å². The van der Waals surface area contributed by atoms with E-state index in [9.17, 15) is 21.6 Å². The van der Waals surface area contributed by atoms with Gasteiger partial charge < -0.3 is 4.52 Å². The summed E-state index contributed by atoms with van der Waals surface area (Å²) in [5, 5.41) is 3.79. The Hall–Kier alpha value is -3.59. The van der Waals surface area contributed by atoms with Crippen LogP contribution in [0.3, 0.4) is 0 Å². The van der Waals surface area contributed by atoms with Gasteiger partial charge in [0.05, 0.1) is 21.8 Å². The molecule has 164 valence electrons. The number of anilines is 2. The van der Waals surface area contributed by atoms with Crippen LogP contribution in [0.5, 0.6) is 0 Å². The fraction of sp³-hybridized carbons (Fsp3) is 0.0870. The number of hydrogen-bond donors (Lipinski definition) is 0. The van der Waals surface area contributed by atoms with Crippen LogP contribution in [0, 0.1) is 6.92 Å². The summed E-state index contributed by atoms with van der Waals surface area (Å²) in [6, 6.07) is 20.5. The number of hydrogen-bond acceptors (Lipinski definition) is 4. The molecule has 4 aromatic rings. The van der Waals surface area contributed by atoms with Gasteiger partial charge in [-0.3, -0.25) is 0 Å². The van der Waals surface area contributed by atoms with Gasteiger partial charge in [-0.15, -0.1) is 0 Å². The molecule has 0 aliphatic heterocycles. The highest BCUT2D eigenvalue weighted by Gasteiger charge is 2.31. The zero-order valence-electron chi connectivity index (χ0n) is 16.7. The normalized spacial score (nSPS) is 12.0. The molecule has 0 spiro atoms. The van der Waals surface area contributed by atoms with Crippen LogP contribution in [0.1, 0.15) is 11.3 Å². The zero-order chi connectivity index (χ0) is 22.9. The van der Waals surface area contributed by atoms with Crippen LogP contribution >= 0.6 is 0 Å².